The fraction of sp³-hybridized carbons (Fsp3) is 0.125. The van der Waals surface area contributed by atoms with Crippen LogP contribution in [-0.2, 0) is 7.05 Å². The van der Waals surface area contributed by atoms with Crippen molar-refractivity contribution < 1.29 is 8.68 Å². The number of hydrogen-bond donors (Lipinski definition) is 0. The van der Waals surface area contributed by atoms with Crippen molar-refractivity contribution in [2.75, 3.05) is 0 Å². The highest BCUT2D eigenvalue weighted by Crippen LogP contribution is 2.36. The Morgan fingerprint density at radius 2 is 1.69 bits per heavy atom. The first-order valence-electron chi connectivity index (χ1n) is 10.2. The summed E-state index contributed by atoms with van der Waals surface area (Å²) in [6.07, 6.45) is 0. The van der Waals surface area contributed by atoms with Crippen LogP contribution in [0.4, 0.5) is 0 Å². The van der Waals surface area contributed by atoms with Crippen LogP contribution in [0.3, 0.4) is 0 Å². The van der Waals surface area contributed by atoms with Gasteiger partial charge in [-0.2, -0.15) is 4.57 Å². The van der Waals surface area contributed by atoms with Gasteiger partial charge in [-0.05, 0) is 54.4 Å². The molecule has 1 nitrogen and oxygen atoms in total. The van der Waals surface area contributed by atoms with E-state index in [4.69, 9.17) is 4.11 Å². The summed E-state index contributed by atoms with van der Waals surface area (Å²) in [5.74, 6) is 0. The molecule has 0 radical (unpaired) electrons. The first-order chi connectivity index (χ1) is 13.8. The number of pyridine rings is 1. The molecule has 2 aromatic heterocycles. The van der Waals surface area contributed by atoms with Crippen LogP contribution in [-0.4, -0.2) is 0 Å². The van der Waals surface area contributed by atoms with E-state index in [1.54, 1.807) is 23.5 Å². The number of benzene rings is 3. The van der Waals surface area contributed by atoms with Gasteiger partial charge in [-0.3, -0.25) is 0 Å². The minimum absolute atomic E-state index is 0.385. The Morgan fingerprint density at radius 3 is 2.46 bits per heavy atom. The molecule has 0 atom stereocenters. The lowest BCUT2D eigenvalue weighted by molar-refractivity contribution is -0.631. The molecule has 0 aliphatic heterocycles. The molecule has 0 saturated heterocycles. The smallest absolute Gasteiger partial charge is 0.185 e. The number of thiophene rings is 1. The molecule has 0 unspecified atom stereocenters. The Labute approximate surface area is 161 Å². The van der Waals surface area contributed by atoms with Crippen molar-refractivity contribution in [2.45, 2.75) is 13.8 Å². The maximum absolute atomic E-state index is 7.65. The first kappa shape index (κ1) is 12.6. The van der Waals surface area contributed by atoms with E-state index < -0.39 is 6.85 Å². The van der Waals surface area contributed by atoms with Gasteiger partial charge in [-0.15, -0.1) is 0 Å². The quantitative estimate of drug-likeness (QED) is 0.309. The number of fused-ring (bicyclic) bond motifs is 4. The molecule has 0 aliphatic rings. The van der Waals surface area contributed by atoms with Crippen molar-refractivity contribution in [3.63, 3.8) is 0 Å². The minimum atomic E-state index is -2.08. The fourth-order valence-corrected chi connectivity index (χ4v) is 5.00. The second-order valence-electron chi connectivity index (χ2n) is 6.82. The second-order valence-corrected chi connectivity index (χ2v) is 7.85. The lowest BCUT2D eigenvalue weighted by atomic mass is 10.0. The number of nitrogens with zero attached hydrogens (tertiary/aromatic N) is 1. The number of hydrogen-bond acceptors (Lipinski definition) is 1. The molecule has 0 aliphatic carbocycles. The van der Waals surface area contributed by atoms with Gasteiger partial charge < -0.3 is 0 Å². The van der Waals surface area contributed by atoms with Gasteiger partial charge in [0.25, 0.3) is 4.83 Å². The average molecular weight is 358 g/mol. The third-order valence-electron chi connectivity index (χ3n) is 5.15. The van der Waals surface area contributed by atoms with Crippen LogP contribution in [0.1, 0.15) is 15.2 Å². The Morgan fingerprint density at radius 1 is 0.885 bits per heavy atom. The average Bonchev–Trinajstić information content (AvgIpc) is 3.04. The third-order valence-corrected chi connectivity index (χ3v) is 6.40. The van der Waals surface area contributed by atoms with E-state index in [9.17, 15) is 0 Å². The highest BCUT2D eigenvalue weighted by Gasteiger charge is 2.19. The van der Waals surface area contributed by atoms with Gasteiger partial charge in [0.05, 0.1) is 5.39 Å². The molecule has 0 bridgehead atoms. The number of rotatable bonds is 1. The van der Waals surface area contributed by atoms with Crippen LogP contribution in [0.25, 0.3) is 42.3 Å². The standard InChI is InChI=1S/C24H20NS/c1-15-8-9-19(16(2)12-15)22-11-10-20-21-13-17-6-4-5-7-18(17)14-23(21)26-24(20)25(22)3/h4-14H,1-3H3/q+1/i1D3. The molecule has 5 rings (SSSR count). The summed E-state index contributed by atoms with van der Waals surface area (Å²) in [4.78, 5) is 1.21. The van der Waals surface area contributed by atoms with Crippen LogP contribution in [0, 0.1) is 13.8 Å². The monoisotopic (exact) mass is 357 g/mol. The molecule has 3 aromatic carbocycles. The van der Waals surface area contributed by atoms with Crippen molar-refractivity contribution in [1.29, 1.82) is 0 Å². The van der Waals surface area contributed by atoms with Crippen molar-refractivity contribution in [3.05, 3.63) is 77.9 Å². The van der Waals surface area contributed by atoms with Crippen molar-refractivity contribution in [1.82, 2.24) is 0 Å². The summed E-state index contributed by atoms with van der Waals surface area (Å²) < 4.78 is 26.4. The van der Waals surface area contributed by atoms with Crippen LogP contribution in [0.2, 0.25) is 0 Å². The molecular weight excluding hydrogens is 334 g/mol. The molecule has 0 fully saturated rings. The molecule has 0 saturated carbocycles. The number of aromatic nitrogens is 1. The van der Waals surface area contributed by atoms with Gasteiger partial charge in [0.2, 0.25) is 5.69 Å². The first-order valence-corrected chi connectivity index (χ1v) is 9.50. The van der Waals surface area contributed by atoms with E-state index in [1.807, 2.05) is 13.0 Å². The topological polar surface area (TPSA) is 3.88 Å². The highest BCUT2D eigenvalue weighted by molar-refractivity contribution is 7.25. The summed E-state index contributed by atoms with van der Waals surface area (Å²) >= 11 is 1.80. The van der Waals surface area contributed by atoms with Crippen LogP contribution in [0.5, 0.6) is 0 Å². The summed E-state index contributed by atoms with van der Waals surface area (Å²) in [6, 6.07) is 22.8. The van der Waals surface area contributed by atoms with Crippen molar-refractivity contribution >= 4 is 42.4 Å². The van der Waals surface area contributed by atoms with Crippen LogP contribution < -0.4 is 4.57 Å². The molecule has 5 aromatic rings. The Hall–Kier alpha value is -2.71. The largest absolute Gasteiger partial charge is 0.270 e. The predicted molar refractivity (Wildman–Crippen MR) is 113 cm³/mol. The molecular formula is C24H20NS+. The van der Waals surface area contributed by atoms with E-state index >= 15 is 0 Å². The lowest BCUT2D eigenvalue weighted by Crippen LogP contribution is -2.31. The molecule has 26 heavy (non-hydrogen) atoms. The zero-order valence-electron chi connectivity index (χ0n) is 17.7. The summed E-state index contributed by atoms with van der Waals surface area (Å²) in [7, 11) is 2.09. The van der Waals surface area contributed by atoms with Gasteiger partial charge in [0.1, 0.15) is 7.05 Å². The Kier molecular flexibility index (Phi) is 2.74. The molecule has 126 valence electrons. The van der Waals surface area contributed by atoms with E-state index in [0.29, 0.717) is 5.56 Å². The van der Waals surface area contributed by atoms with E-state index in [0.717, 1.165) is 16.8 Å². The minimum Gasteiger partial charge on any atom is -0.185 e. The Bertz CT molecular complexity index is 1410. The summed E-state index contributed by atoms with van der Waals surface area (Å²) in [5.41, 5.74) is 3.50. The maximum Gasteiger partial charge on any atom is 0.270 e. The van der Waals surface area contributed by atoms with Crippen LogP contribution in [0.15, 0.2) is 66.7 Å². The third kappa shape index (κ3) is 2.26. The molecule has 0 amide bonds. The zero-order chi connectivity index (χ0) is 20.3. The normalized spacial score (nSPS) is 13.8. The molecule has 0 N–H and O–H groups in total. The van der Waals surface area contributed by atoms with Crippen molar-refractivity contribution in [3.8, 4) is 11.3 Å². The van der Waals surface area contributed by atoms with Gasteiger partial charge in [0, 0.05) is 25.8 Å². The second kappa shape index (κ2) is 5.65. The van der Waals surface area contributed by atoms with E-state index in [2.05, 4.69) is 60.1 Å². The van der Waals surface area contributed by atoms with E-state index in [-0.39, 0.29) is 0 Å². The molecule has 0 spiro atoms. The molecule has 2 heteroatoms. The van der Waals surface area contributed by atoms with Gasteiger partial charge in [0.15, 0.2) is 0 Å². The molecule has 2 heterocycles. The maximum atomic E-state index is 7.65. The Balaban J connectivity index is 1.73. The fourth-order valence-electron chi connectivity index (χ4n) is 3.80. The van der Waals surface area contributed by atoms with Gasteiger partial charge in [-0.1, -0.05) is 53.3 Å². The zero-order valence-corrected chi connectivity index (χ0v) is 15.5. The van der Waals surface area contributed by atoms with Gasteiger partial charge >= 0.3 is 0 Å². The lowest BCUT2D eigenvalue weighted by Gasteiger charge is -2.06. The van der Waals surface area contributed by atoms with E-state index in [1.165, 1.54) is 31.1 Å². The van der Waals surface area contributed by atoms with Crippen molar-refractivity contribution in [2.24, 2.45) is 7.05 Å². The predicted octanol–water partition coefficient (Wildman–Crippen LogP) is 6.32. The van der Waals surface area contributed by atoms with Gasteiger partial charge in [-0.25, -0.2) is 0 Å². The number of aryl methyl sites for hydroxylation is 3. The SMILES string of the molecule is [2H]C([2H])([2H])c1ccc(-c2ccc3c4cc5ccccc5cc4sc3[n+]2C)c(C)c1. The summed E-state index contributed by atoms with van der Waals surface area (Å²) in [5, 5.41) is 5.03. The van der Waals surface area contributed by atoms with Crippen LogP contribution >= 0.6 is 11.3 Å². The highest BCUT2D eigenvalue weighted by atomic mass is 32.1. The summed E-state index contributed by atoms with van der Waals surface area (Å²) in [6.45, 7) is -0.102.